The Hall–Kier alpha value is -2.37. The lowest BCUT2D eigenvalue weighted by Gasteiger charge is -2.16. The minimum Gasteiger partial charge on any atom is -0.361 e. The molecule has 2 aromatic rings. The Morgan fingerprint density at radius 3 is 2.71 bits per heavy atom. The van der Waals surface area contributed by atoms with Crippen LogP contribution in [0.15, 0.2) is 34.9 Å². The molecule has 1 heterocycles. The molecule has 112 valence electrons. The van der Waals surface area contributed by atoms with E-state index in [-0.39, 0.29) is 11.8 Å². The van der Waals surface area contributed by atoms with Gasteiger partial charge < -0.3 is 14.7 Å². The third-order valence-electron chi connectivity index (χ3n) is 3.03. The lowest BCUT2D eigenvalue weighted by Crippen LogP contribution is -2.37. The van der Waals surface area contributed by atoms with Crippen LogP contribution in [0.5, 0.6) is 0 Å². The van der Waals surface area contributed by atoms with Crippen molar-refractivity contribution in [2.45, 2.75) is 19.9 Å². The molecule has 0 saturated heterocycles. The van der Waals surface area contributed by atoms with Gasteiger partial charge in [0.05, 0.1) is 6.54 Å². The third-order valence-corrected chi connectivity index (χ3v) is 3.03. The average molecular weight is 291 g/mol. The van der Waals surface area contributed by atoms with Crippen LogP contribution in [0.1, 0.15) is 17.0 Å². The fourth-order valence-electron chi connectivity index (χ4n) is 1.91. The smallest absolute Gasteiger partial charge is 0.317 e. The van der Waals surface area contributed by atoms with E-state index in [1.807, 2.05) is 0 Å². The first-order valence-corrected chi connectivity index (χ1v) is 6.70. The van der Waals surface area contributed by atoms with Crippen molar-refractivity contribution >= 4 is 6.03 Å². The summed E-state index contributed by atoms with van der Waals surface area (Å²) in [6.45, 7) is 2.69. The summed E-state index contributed by atoms with van der Waals surface area (Å²) in [6.07, 6.45) is 0.656. The molecule has 0 aliphatic carbocycles. The lowest BCUT2D eigenvalue weighted by molar-refractivity contribution is 0.205. The first-order valence-electron chi connectivity index (χ1n) is 6.70. The molecule has 21 heavy (non-hydrogen) atoms. The van der Waals surface area contributed by atoms with Crippen molar-refractivity contribution in [2.24, 2.45) is 0 Å². The van der Waals surface area contributed by atoms with Crippen LogP contribution in [0, 0.1) is 12.7 Å². The van der Waals surface area contributed by atoms with Gasteiger partial charge in [0.25, 0.3) is 0 Å². The van der Waals surface area contributed by atoms with E-state index in [2.05, 4.69) is 10.5 Å². The summed E-state index contributed by atoms with van der Waals surface area (Å²) in [4.78, 5) is 13.4. The summed E-state index contributed by atoms with van der Waals surface area (Å²) in [5.74, 6) is 0.459. The highest BCUT2D eigenvalue weighted by Gasteiger charge is 2.10. The molecule has 0 unspecified atom stereocenters. The van der Waals surface area contributed by atoms with Crippen molar-refractivity contribution in [1.82, 2.24) is 15.4 Å². The second-order valence-electron chi connectivity index (χ2n) is 4.89. The highest BCUT2D eigenvalue weighted by atomic mass is 19.1. The number of halogens is 1. The minimum atomic E-state index is -0.259. The van der Waals surface area contributed by atoms with Crippen molar-refractivity contribution in [3.63, 3.8) is 0 Å². The maximum Gasteiger partial charge on any atom is 0.317 e. The molecule has 2 amide bonds. The topological polar surface area (TPSA) is 58.4 Å². The predicted octanol–water partition coefficient (Wildman–Crippen LogP) is 2.51. The molecule has 0 aliphatic rings. The molecule has 0 atom stereocenters. The molecular formula is C15H18FN3O2. The number of benzene rings is 1. The predicted molar refractivity (Wildman–Crippen MR) is 76.2 cm³/mol. The Bertz CT molecular complexity index is 595. The van der Waals surface area contributed by atoms with Crippen LogP contribution in [-0.2, 0) is 13.0 Å². The Balaban J connectivity index is 1.74. The number of rotatable bonds is 5. The van der Waals surface area contributed by atoms with Crippen LogP contribution in [0.3, 0.4) is 0 Å². The Morgan fingerprint density at radius 2 is 2.10 bits per heavy atom. The number of aromatic nitrogens is 1. The molecule has 1 aromatic carbocycles. The van der Waals surface area contributed by atoms with E-state index in [1.165, 1.54) is 17.0 Å². The summed E-state index contributed by atoms with van der Waals surface area (Å²) in [5.41, 5.74) is 1.69. The number of nitrogens with one attached hydrogen (secondary N) is 1. The lowest BCUT2D eigenvalue weighted by atomic mass is 10.1. The van der Waals surface area contributed by atoms with E-state index in [0.29, 0.717) is 25.2 Å². The fraction of sp³-hybridized carbons (Fsp3) is 0.333. The van der Waals surface area contributed by atoms with Gasteiger partial charge in [0.15, 0.2) is 0 Å². The monoisotopic (exact) mass is 291 g/mol. The van der Waals surface area contributed by atoms with Gasteiger partial charge in [-0.2, -0.15) is 0 Å². The SMILES string of the molecule is Cc1cc(CN(C)C(=O)NCCc2ccc(F)cc2)no1. The van der Waals surface area contributed by atoms with Crippen molar-refractivity contribution in [3.05, 3.63) is 53.2 Å². The Kier molecular flexibility index (Phi) is 4.92. The van der Waals surface area contributed by atoms with Crippen LogP contribution < -0.4 is 5.32 Å². The molecule has 2 rings (SSSR count). The molecule has 0 bridgehead atoms. The summed E-state index contributed by atoms with van der Waals surface area (Å²) < 4.78 is 17.7. The maximum atomic E-state index is 12.8. The van der Waals surface area contributed by atoms with E-state index < -0.39 is 0 Å². The second-order valence-corrected chi connectivity index (χ2v) is 4.89. The molecule has 6 heteroatoms. The Morgan fingerprint density at radius 1 is 1.38 bits per heavy atom. The molecule has 0 fully saturated rings. The third kappa shape index (κ3) is 4.59. The molecule has 1 N–H and O–H groups in total. The highest BCUT2D eigenvalue weighted by Crippen LogP contribution is 2.05. The van der Waals surface area contributed by atoms with Crippen LogP contribution in [0.25, 0.3) is 0 Å². The first kappa shape index (κ1) is 15.0. The van der Waals surface area contributed by atoms with E-state index >= 15 is 0 Å². The summed E-state index contributed by atoms with van der Waals surface area (Å²) in [7, 11) is 1.69. The molecular weight excluding hydrogens is 273 g/mol. The first-order chi connectivity index (χ1) is 10.0. The average Bonchev–Trinajstić information content (AvgIpc) is 2.86. The Labute approximate surface area is 122 Å². The van der Waals surface area contributed by atoms with Crippen LogP contribution in [0.2, 0.25) is 0 Å². The molecule has 0 aliphatic heterocycles. The summed E-state index contributed by atoms with van der Waals surface area (Å²) in [6, 6.07) is 7.86. The minimum absolute atomic E-state index is 0.183. The standard InChI is InChI=1S/C15H18FN3O2/c1-11-9-14(18-21-11)10-19(2)15(20)17-8-7-12-3-5-13(16)6-4-12/h3-6,9H,7-8,10H2,1-2H3,(H,17,20). The van der Waals surface area contributed by atoms with Gasteiger partial charge in [-0.25, -0.2) is 9.18 Å². The van der Waals surface area contributed by atoms with Crippen molar-refractivity contribution in [2.75, 3.05) is 13.6 Å². The van der Waals surface area contributed by atoms with Gasteiger partial charge in [0.2, 0.25) is 0 Å². The highest BCUT2D eigenvalue weighted by molar-refractivity contribution is 5.73. The van der Waals surface area contributed by atoms with Crippen LogP contribution in [0.4, 0.5) is 9.18 Å². The van der Waals surface area contributed by atoms with Crippen LogP contribution in [-0.4, -0.2) is 29.7 Å². The molecule has 0 radical (unpaired) electrons. The number of nitrogens with zero attached hydrogens (tertiary/aromatic N) is 2. The van der Waals surface area contributed by atoms with E-state index in [0.717, 1.165) is 11.3 Å². The van der Waals surface area contributed by atoms with Gasteiger partial charge in [-0.3, -0.25) is 0 Å². The number of urea groups is 1. The zero-order valence-electron chi connectivity index (χ0n) is 12.1. The normalized spacial score (nSPS) is 10.4. The van der Waals surface area contributed by atoms with Gasteiger partial charge >= 0.3 is 6.03 Å². The number of amides is 2. The zero-order valence-corrected chi connectivity index (χ0v) is 12.1. The summed E-state index contributed by atoms with van der Waals surface area (Å²) in [5, 5.41) is 6.65. The quantitative estimate of drug-likeness (QED) is 0.921. The van der Waals surface area contributed by atoms with Gasteiger partial charge in [-0.05, 0) is 31.0 Å². The number of aryl methyl sites for hydroxylation is 1. The molecule has 1 aromatic heterocycles. The number of hydrogen-bond acceptors (Lipinski definition) is 3. The summed E-state index contributed by atoms with van der Waals surface area (Å²) >= 11 is 0. The van der Waals surface area contributed by atoms with Crippen LogP contribution >= 0.6 is 0 Å². The van der Waals surface area contributed by atoms with E-state index in [1.54, 1.807) is 32.2 Å². The van der Waals surface area contributed by atoms with E-state index in [9.17, 15) is 9.18 Å². The number of carbonyl (C=O) groups excluding carboxylic acids is 1. The molecule has 0 spiro atoms. The van der Waals surface area contributed by atoms with Crippen molar-refractivity contribution in [1.29, 1.82) is 0 Å². The van der Waals surface area contributed by atoms with E-state index in [4.69, 9.17) is 4.52 Å². The van der Waals surface area contributed by atoms with Crippen molar-refractivity contribution in [3.8, 4) is 0 Å². The fourth-order valence-corrected chi connectivity index (χ4v) is 1.91. The maximum absolute atomic E-state index is 12.8. The number of hydrogen-bond donors (Lipinski definition) is 1. The number of carbonyl (C=O) groups is 1. The largest absolute Gasteiger partial charge is 0.361 e. The van der Waals surface area contributed by atoms with Gasteiger partial charge in [-0.1, -0.05) is 17.3 Å². The zero-order chi connectivity index (χ0) is 15.2. The van der Waals surface area contributed by atoms with Gasteiger partial charge in [0, 0.05) is 19.7 Å². The van der Waals surface area contributed by atoms with Gasteiger partial charge in [0.1, 0.15) is 17.3 Å². The second kappa shape index (κ2) is 6.88. The van der Waals surface area contributed by atoms with Crippen molar-refractivity contribution < 1.29 is 13.7 Å². The molecule has 5 nitrogen and oxygen atoms in total. The van der Waals surface area contributed by atoms with Gasteiger partial charge in [-0.15, -0.1) is 0 Å². The molecule has 0 saturated carbocycles.